The van der Waals surface area contributed by atoms with Gasteiger partial charge in [-0.15, -0.1) is 10.2 Å². The van der Waals surface area contributed by atoms with E-state index in [1.165, 1.54) is 4.57 Å². The highest BCUT2D eigenvalue weighted by molar-refractivity contribution is 5.61. The SMILES string of the molecule is CCCCn1c(N)c(N(C)Cc2nnc(C)o2)c(=O)[nH]c1=O. The number of hydrogen-bond acceptors (Lipinski definition) is 7. The van der Waals surface area contributed by atoms with Crippen molar-refractivity contribution in [3.8, 4) is 0 Å². The highest BCUT2D eigenvalue weighted by atomic mass is 16.4. The first-order valence-electron chi connectivity index (χ1n) is 7.06. The maximum Gasteiger partial charge on any atom is 0.330 e. The first-order chi connectivity index (χ1) is 10.4. The van der Waals surface area contributed by atoms with Crippen molar-refractivity contribution in [1.29, 1.82) is 0 Å². The fourth-order valence-electron chi connectivity index (χ4n) is 2.17. The normalized spacial score (nSPS) is 10.9. The number of H-pyrrole nitrogens is 1. The molecule has 2 rings (SSSR count). The van der Waals surface area contributed by atoms with Crippen LogP contribution in [0.5, 0.6) is 0 Å². The van der Waals surface area contributed by atoms with Crippen molar-refractivity contribution in [2.75, 3.05) is 17.7 Å². The zero-order chi connectivity index (χ0) is 16.3. The molecule has 0 fully saturated rings. The maximum absolute atomic E-state index is 12.1. The van der Waals surface area contributed by atoms with Gasteiger partial charge in [0.05, 0.1) is 6.54 Å². The van der Waals surface area contributed by atoms with Crippen LogP contribution in [0.4, 0.5) is 11.5 Å². The van der Waals surface area contributed by atoms with Crippen LogP contribution in [-0.4, -0.2) is 26.8 Å². The number of nitrogens with zero attached hydrogens (tertiary/aromatic N) is 4. The molecule has 9 heteroatoms. The fourth-order valence-corrected chi connectivity index (χ4v) is 2.17. The summed E-state index contributed by atoms with van der Waals surface area (Å²) in [5.41, 5.74) is 5.20. The van der Waals surface area contributed by atoms with Gasteiger partial charge in [-0.05, 0) is 6.42 Å². The van der Waals surface area contributed by atoms with Crippen molar-refractivity contribution in [2.45, 2.75) is 39.8 Å². The summed E-state index contributed by atoms with van der Waals surface area (Å²) in [6.07, 6.45) is 1.71. The largest absolute Gasteiger partial charge is 0.424 e. The molecule has 2 aromatic heterocycles. The van der Waals surface area contributed by atoms with Gasteiger partial charge in [0, 0.05) is 20.5 Å². The number of aryl methyl sites for hydroxylation is 1. The highest BCUT2D eigenvalue weighted by Crippen LogP contribution is 2.17. The Balaban J connectivity index is 2.36. The van der Waals surface area contributed by atoms with Gasteiger partial charge in [-0.1, -0.05) is 13.3 Å². The third kappa shape index (κ3) is 3.18. The molecule has 0 aliphatic rings. The number of nitrogens with two attached hydrogens (primary N) is 1. The Labute approximate surface area is 126 Å². The summed E-state index contributed by atoms with van der Waals surface area (Å²) in [7, 11) is 1.68. The zero-order valence-electron chi connectivity index (χ0n) is 12.9. The van der Waals surface area contributed by atoms with Gasteiger partial charge in [-0.2, -0.15) is 0 Å². The average molecular weight is 308 g/mol. The van der Waals surface area contributed by atoms with Crippen LogP contribution in [0.15, 0.2) is 14.0 Å². The second-order valence-corrected chi connectivity index (χ2v) is 5.07. The Bertz CT molecular complexity index is 760. The first-order valence-corrected chi connectivity index (χ1v) is 7.06. The molecular formula is C13H20N6O3. The van der Waals surface area contributed by atoms with Gasteiger partial charge in [0.25, 0.3) is 5.56 Å². The molecular weight excluding hydrogens is 288 g/mol. The Morgan fingerprint density at radius 2 is 2.09 bits per heavy atom. The topological polar surface area (TPSA) is 123 Å². The summed E-state index contributed by atoms with van der Waals surface area (Å²) in [5, 5.41) is 7.61. The van der Waals surface area contributed by atoms with Crippen molar-refractivity contribution in [2.24, 2.45) is 0 Å². The third-order valence-electron chi connectivity index (χ3n) is 3.27. The highest BCUT2D eigenvalue weighted by Gasteiger charge is 2.17. The number of aromatic amines is 1. The van der Waals surface area contributed by atoms with E-state index in [4.69, 9.17) is 10.2 Å². The molecule has 0 spiro atoms. The summed E-state index contributed by atoms with van der Waals surface area (Å²) in [4.78, 5) is 27.8. The second kappa shape index (κ2) is 6.46. The molecule has 9 nitrogen and oxygen atoms in total. The van der Waals surface area contributed by atoms with Gasteiger partial charge in [0.15, 0.2) is 0 Å². The van der Waals surface area contributed by atoms with Gasteiger partial charge in [-0.25, -0.2) is 4.79 Å². The van der Waals surface area contributed by atoms with Crippen molar-refractivity contribution >= 4 is 11.5 Å². The number of nitrogens with one attached hydrogen (secondary N) is 1. The van der Waals surface area contributed by atoms with Crippen LogP contribution in [0, 0.1) is 6.92 Å². The molecule has 0 amide bonds. The van der Waals surface area contributed by atoms with Crippen molar-refractivity contribution in [1.82, 2.24) is 19.7 Å². The lowest BCUT2D eigenvalue weighted by molar-refractivity contribution is 0.465. The van der Waals surface area contributed by atoms with Crippen LogP contribution < -0.4 is 21.9 Å². The van der Waals surface area contributed by atoms with Gasteiger partial charge >= 0.3 is 5.69 Å². The molecule has 120 valence electrons. The van der Waals surface area contributed by atoms with Crippen molar-refractivity contribution in [3.05, 3.63) is 32.6 Å². The van der Waals surface area contributed by atoms with E-state index in [0.29, 0.717) is 18.3 Å². The minimum atomic E-state index is -0.533. The Kier molecular flexibility index (Phi) is 4.64. The smallest absolute Gasteiger partial charge is 0.330 e. The lowest BCUT2D eigenvalue weighted by Gasteiger charge is -2.20. The van der Waals surface area contributed by atoms with Crippen LogP contribution in [0.3, 0.4) is 0 Å². The predicted molar refractivity (Wildman–Crippen MR) is 81.8 cm³/mol. The number of nitrogen functional groups attached to an aromatic ring is 1. The molecule has 3 N–H and O–H groups in total. The number of aromatic nitrogens is 4. The summed E-state index contributed by atoms with van der Waals surface area (Å²) in [6, 6.07) is 0. The number of unbranched alkanes of at least 4 members (excludes halogenated alkanes) is 1. The van der Waals surface area contributed by atoms with E-state index >= 15 is 0 Å². The number of anilines is 2. The predicted octanol–water partition coefficient (Wildman–Crippen LogP) is 0.247. The van der Waals surface area contributed by atoms with Crippen LogP contribution in [-0.2, 0) is 13.1 Å². The Morgan fingerprint density at radius 1 is 1.36 bits per heavy atom. The Hall–Kier alpha value is -2.58. The van der Waals surface area contributed by atoms with E-state index in [1.807, 2.05) is 6.92 Å². The van der Waals surface area contributed by atoms with E-state index in [1.54, 1.807) is 18.9 Å². The molecule has 0 aliphatic carbocycles. The molecule has 0 saturated carbocycles. The lowest BCUT2D eigenvalue weighted by atomic mass is 10.3. The van der Waals surface area contributed by atoms with E-state index in [2.05, 4.69) is 15.2 Å². The molecule has 0 atom stereocenters. The summed E-state index contributed by atoms with van der Waals surface area (Å²) in [5.74, 6) is 0.948. The van der Waals surface area contributed by atoms with Gasteiger partial charge in [0.1, 0.15) is 11.5 Å². The summed E-state index contributed by atoms with van der Waals surface area (Å²) >= 11 is 0. The molecule has 22 heavy (non-hydrogen) atoms. The zero-order valence-corrected chi connectivity index (χ0v) is 12.9. The molecule has 0 saturated heterocycles. The monoisotopic (exact) mass is 308 g/mol. The van der Waals surface area contributed by atoms with E-state index in [-0.39, 0.29) is 18.1 Å². The van der Waals surface area contributed by atoms with Crippen LogP contribution in [0.1, 0.15) is 31.5 Å². The minimum absolute atomic E-state index is 0.140. The second-order valence-electron chi connectivity index (χ2n) is 5.07. The Morgan fingerprint density at radius 3 is 2.68 bits per heavy atom. The van der Waals surface area contributed by atoms with Crippen LogP contribution in [0.2, 0.25) is 0 Å². The molecule has 2 aromatic rings. The lowest BCUT2D eigenvalue weighted by Crippen LogP contribution is -2.37. The summed E-state index contributed by atoms with van der Waals surface area (Å²) in [6.45, 7) is 4.37. The molecule has 0 radical (unpaired) electrons. The maximum atomic E-state index is 12.1. The van der Waals surface area contributed by atoms with Gasteiger partial charge in [0.2, 0.25) is 11.8 Å². The fraction of sp³-hybridized carbons (Fsp3) is 0.538. The molecule has 0 aliphatic heterocycles. The van der Waals surface area contributed by atoms with Crippen LogP contribution >= 0.6 is 0 Å². The third-order valence-corrected chi connectivity index (χ3v) is 3.27. The standard InChI is InChI=1S/C13H20N6O3/c1-4-5-6-19-11(14)10(12(20)15-13(19)21)18(3)7-9-17-16-8(2)22-9/h4-7,14H2,1-3H3,(H,15,20,21). The molecule has 0 unspecified atom stereocenters. The minimum Gasteiger partial charge on any atom is -0.424 e. The number of rotatable bonds is 6. The van der Waals surface area contributed by atoms with Gasteiger partial charge in [-0.3, -0.25) is 14.3 Å². The van der Waals surface area contributed by atoms with E-state index in [0.717, 1.165) is 12.8 Å². The van der Waals surface area contributed by atoms with E-state index in [9.17, 15) is 9.59 Å². The molecule has 0 bridgehead atoms. The molecule has 0 aromatic carbocycles. The van der Waals surface area contributed by atoms with E-state index < -0.39 is 11.2 Å². The molecule has 2 heterocycles. The quantitative estimate of drug-likeness (QED) is 0.783. The summed E-state index contributed by atoms with van der Waals surface area (Å²) < 4.78 is 6.66. The number of hydrogen-bond donors (Lipinski definition) is 2. The average Bonchev–Trinajstić information content (AvgIpc) is 2.83. The van der Waals surface area contributed by atoms with Crippen molar-refractivity contribution in [3.63, 3.8) is 0 Å². The van der Waals surface area contributed by atoms with Crippen molar-refractivity contribution < 1.29 is 4.42 Å². The van der Waals surface area contributed by atoms with Crippen LogP contribution in [0.25, 0.3) is 0 Å². The first kappa shape index (κ1) is 15.8. The van der Waals surface area contributed by atoms with Gasteiger partial charge < -0.3 is 15.1 Å².